The van der Waals surface area contributed by atoms with Gasteiger partial charge in [0.2, 0.25) is 5.76 Å². The highest BCUT2D eigenvalue weighted by Crippen LogP contribution is 2.35. The summed E-state index contributed by atoms with van der Waals surface area (Å²) in [6.07, 6.45) is 1.73. The average Bonchev–Trinajstić information content (AvgIpc) is 3.19. The average molecular weight is 359 g/mol. The zero-order valence-electron chi connectivity index (χ0n) is 14.1. The van der Waals surface area contributed by atoms with Crippen molar-refractivity contribution in [1.29, 1.82) is 0 Å². The molecular formula is C17H17N3O4S. The van der Waals surface area contributed by atoms with Gasteiger partial charge in [0, 0.05) is 12.6 Å². The molecule has 2 aromatic heterocycles. The third-order valence-corrected chi connectivity index (χ3v) is 4.63. The molecule has 0 aliphatic heterocycles. The normalized spacial score (nSPS) is 11.7. The molecule has 0 bridgehead atoms. The van der Waals surface area contributed by atoms with Gasteiger partial charge in [0.15, 0.2) is 4.80 Å². The van der Waals surface area contributed by atoms with E-state index in [-0.39, 0.29) is 5.76 Å². The second-order valence-electron chi connectivity index (χ2n) is 5.18. The van der Waals surface area contributed by atoms with Gasteiger partial charge in [-0.2, -0.15) is 4.99 Å². The van der Waals surface area contributed by atoms with E-state index in [0.717, 1.165) is 10.2 Å². The second kappa shape index (κ2) is 6.94. The van der Waals surface area contributed by atoms with Crippen molar-refractivity contribution in [1.82, 2.24) is 9.72 Å². The van der Waals surface area contributed by atoms with E-state index in [4.69, 9.17) is 14.0 Å². The fourth-order valence-electron chi connectivity index (χ4n) is 2.44. The molecule has 8 heteroatoms. The van der Waals surface area contributed by atoms with Crippen LogP contribution in [0.25, 0.3) is 10.2 Å². The predicted octanol–water partition coefficient (Wildman–Crippen LogP) is 2.94. The maximum absolute atomic E-state index is 12.4. The van der Waals surface area contributed by atoms with Crippen LogP contribution in [0.3, 0.4) is 0 Å². The van der Waals surface area contributed by atoms with Crippen molar-refractivity contribution in [3.8, 4) is 11.5 Å². The summed E-state index contributed by atoms with van der Waals surface area (Å²) in [6.45, 7) is 5.99. The highest BCUT2D eigenvalue weighted by Gasteiger charge is 2.17. The minimum Gasteiger partial charge on any atom is -0.495 e. The first-order valence-corrected chi connectivity index (χ1v) is 8.28. The Balaban J connectivity index is 2.27. The third kappa shape index (κ3) is 3.08. The fourth-order valence-corrected chi connectivity index (χ4v) is 3.59. The van der Waals surface area contributed by atoms with Crippen molar-refractivity contribution >= 4 is 27.5 Å². The molecule has 0 fully saturated rings. The lowest BCUT2D eigenvalue weighted by atomic mass is 10.3. The first kappa shape index (κ1) is 17.0. The van der Waals surface area contributed by atoms with Crippen LogP contribution in [0.4, 0.5) is 0 Å². The van der Waals surface area contributed by atoms with Gasteiger partial charge < -0.3 is 18.6 Å². The smallest absolute Gasteiger partial charge is 0.318 e. The second-order valence-corrected chi connectivity index (χ2v) is 6.16. The third-order valence-electron chi connectivity index (χ3n) is 3.54. The molecule has 25 heavy (non-hydrogen) atoms. The molecule has 7 nitrogen and oxygen atoms in total. The number of hydrogen-bond donors (Lipinski definition) is 0. The molecule has 0 unspecified atom stereocenters. The van der Waals surface area contributed by atoms with Gasteiger partial charge in [-0.3, -0.25) is 4.79 Å². The van der Waals surface area contributed by atoms with Crippen molar-refractivity contribution in [3.63, 3.8) is 0 Å². The van der Waals surface area contributed by atoms with E-state index < -0.39 is 5.91 Å². The van der Waals surface area contributed by atoms with E-state index in [1.54, 1.807) is 33.3 Å². The van der Waals surface area contributed by atoms with Crippen LogP contribution in [0.2, 0.25) is 0 Å². The molecule has 0 radical (unpaired) electrons. The highest BCUT2D eigenvalue weighted by molar-refractivity contribution is 7.16. The number of carbonyl (C=O) groups is 1. The maximum Gasteiger partial charge on any atom is 0.318 e. The molecule has 0 atom stereocenters. The number of nitrogens with zero attached hydrogens (tertiary/aromatic N) is 3. The number of allylic oxidation sites excluding steroid dienone is 1. The topological polar surface area (TPSA) is 78.9 Å². The SMILES string of the molecule is C=CCn1c(=NC(=O)c2cc(C)no2)sc2c(OC)ccc(OC)c21. The van der Waals surface area contributed by atoms with Crippen LogP contribution >= 0.6 is 11.3 Å². The first-order chi connectivity index (χ1) is 12.1. The van der Waals surface area contributed by atoms with E-state index in [2.05, 4.69) is 16.7 Å². The molecule has 3 aromatic rings. The number of aryl methyl sites for hydroxylation is 1. The fraction of sp³-hybridized carbons (Fsp3) is 0.235. The Morgan fingerprint density at radius 3 is 2.72 bits per heavy atom. The lowest BCUT2D eigenvalue weighted by Crippen LogP contribution is -2.16. The van der Waals surface area contributed by atoms with Crippen LogP contribution in [-0.2, 0) is 6.54 Å². The number of hydrogen-bond acceptors (Lipinski definition) is 6. The molecule has 1 aromatic carbocycles. The van der Waals surface area contributed by atoms with Gasteiger partial charge in [-0.1, -0.05) is 22.6 Å². The van der Waals surface area contributed by atoms with Crippen molar-refractivity contribution in [3.05, 3.63) is 47.1 Å². The van der Waals surface area contributed by atoms with Crippen LogP contribution in [-0.4, -0.2) is 29.9 Å². The Hall–Kier alpha value is -2.87. The number of carbonyl (C=O) groups excluding carboxylic acids is 1. The predicted molar refractivity (Wildman–Crippen MR) is 94.2 cm³/mol. The molecule has 1 amide bonds. The Kier molecular flexibility index (Phi) is 4.71. The molecular weight excluding hydrogens is 342 g/mol. The zero-order chi connectivity index (χ0) is 18.0. The van der Waals surface area contributed by atoms with Gasteiger partial charge in [0.05, 0.1) is 19.9 Å². The van der Waals surface area contributed by atoms with Gasteiger partial charge in [0.25, 0.3) is 0 Å². The van der Waals surface area contributed by atoms with Gasteiger partial charge >= 0.3 is 5.91 Å². The van der Waals surface area contributed by atoms with Gasteiger partial charge in [-0.15, -0.1) is 6.58 Å². The summed E-state index contributed by atoms with van der Waals surface area (Å²) in [7, 11) is 3.19. The van der Waals surface area contributed by atoms with Gasteiger partial charge in [-0.05, 0) is 19.1 Å². The summed E-state index contributed by atoms with van der Waals surface area (Å²) >= 11 is 1.33. The maximum atomic E-state index is 12.4. The van der Waals surface area contributed by atoms with Crippen LogP contribution in [0, 0.1) is 6.92 Å². The molecule has 0 aliphatic carbocycles. The molecule has 3 rings (SSSR count). The molecule has 0 spiro atoms. The van der Waals surface area contributed by atoms with Crippen molar-refractivity contribution < 1.29 is 18.8 Å². The number of rotatable bonds is 5. The Bertz CT molecular complexity index is 1010. The zero-order valence-corrected chi connectivity index (χ0v) is 14.9. The number of amides is 1. The Labute approximate surface area is 147 Å². The lowest BCUT2D eigenvalue weighted by molar-refractivity contribution is 0.0962. The summed E-state index contributed by atoms with van der Waals surface area (Å²) < 4.78 is 18.6. The minimum absolute atomic E-state index is 0.0963. The largest absolute Gasteiger partial charge is 0.495 e. The molecule has 0 saturated carbocycles. The van der Waals surface area contributed by atoms with E-state index in [1.165, 1.54) is 11.3 Å². The number of ether oxygens (including phenoxy) is 2. The number of thiazole rings is 1. The highest BCUT2D eigenvalue weighted by atomic mass is 32.1. The van der Waals surface area contributed by atoms with E-state index in [0.29, 0.717) is 28.5 Å². The lowest BCUT2D eigenvalue weighted by Gasteiger charge is -2.08. The Morgan fingerprint density at radius 2 is 2.12 bits per heavy atom. The van der Waals surface area contributed by atoms with Gasteiger partial charge in [0.1, 0.15) is 21.7 Å². The standard InChI is InChI=1S/C17H17N3O4S/c1-5-8-20-14-11(22-3)6-7-12(23-4)15(14)25-17(20)18-16(21)13-9-10(2)19-24-13/h5-7,9H,1,8H2,2-4H3. The monoisotopic (exact) mass is 359 g/mol. The molecule has 2 heterocycles. The van der Waals surface area contributed by atoms with E-state index in [1.807, 2.05) is 16.7 Å². The van der Waals surface area contributed by atoms with Crippen molar-refractivity contribution in [2.45, 2.75) is 13.5 Å². The number of methoxy groups -OCH3 is 2. The summed E-state index contributed by atoms with van der Waals surface area (Å²) in [5.74, 6) is 0.947. The Morgan fingerprint density at radius 1 is 1.40 bits per heavy atom. The number of aromatic nitrogens is 2. The molecule has 130 valence electrons. The van der Waals surface area contributed by atoms with E-state index in [9.17, 15) is 4.79 Å². The quantitative estimate of drug-likeness (QED) is 0.655. The molecule has 0 aliphatic rings. The summed E-state index contributed by atoms with van der Waals surface area (Å²) in [5, 5.41) is 3.72. The number of fused-ring (bicyclic) bond motifs is 1. The van der Waals surface area contributed by atoms with Crippen molar-refractivity contribution in [2.24, 2.45) is 4.99 Å². The minimum atomic E-state index is -0.497. The number of benzene rings is 1. The first-order valence-electron chi connectivity index (χ1n) is 7.46. The summed E-state index contributed by atoms with van der Waals surface area (Å²) in [5.41, 5.74) is 1.42. The molecule has 0 N–H and O–H groups in total. The van der Waals surface area contributed by atoms with E-state index >= 15 is 0 Å². The van der Waals surface area contributed by atoms with Crippen molar-refractivity contribution in [2.75, 3.05) is 14.2 Å². The van der Waals surface area contributed by atoms with Crippen LogP contribution in [0.5, 0.6) is 11.5 Å². The van der Waals surface area contributed by atoms with Crippen LogP contribution in [0.15, 0.2) is 40.4 Å². The summed E-state index contributed by atoms with van der Waals surface area (Å²) in [6, 6.07) is 5.19. The van der Waals surface area contributed by atoms with Crippen LogP contribution in [0.1, 0.15) is 16.2 Å². The van der Waals surface area contributed by atoms with Crippen LogP contribution < -0.4 is 14.3 Å². The van der Waals surface area contributed by atoms with Gasteiger partial charge in [-0.25, -0.2) is 0 Å². The summed E-state index contributed by atoms with van der Waals surface area (Å²) in [4.78, 5) is 17.1. The molecule has 0 saturated heterocycles.